The topological polar surface area (TPSA) is 39.1 Å². The molecule has 36 heavy (non-hydrogen) atoms. The fraction of sp³-hybridized carbons (Fsp3) is 0.219. The third kappa shape index (κ3) is 5.24. The van der Waals surface area contributed by atoms with Crippen LogP contribution in [0, 0.1) is 18.2 Å². The quantitative estimate of drug-likeness (QED) is 0.262. The molecule has 3 nitrogen and oxygen atoms in total. The van der Waals surface area contributed by atoms with Gasteiger partial charge in [0, 0.05) is 41.7 Å². The maximum absolute atomic E-state index is 13.4. The lowest BCUT2D eigenvalue weighted by molar-refractivity contribution is 0.301. The van der Waals surface area contributed by atoms with Crippen molar-refractivity contribution >= 4 is 17.6 Å². The molecule has 0 bridgehead atoms. The van der Waals surface area contributed by atoms with Crippen LogP contribution in [-0.4, -0.2) is 24.2 Å². The molecule has 1 atom stereocenters. The predicted octanol–water partition coefficient (Wildman–Crippen LogP) is 7.26. The van der Waals surface area contributed by atoms with E-state index in [1.807, 2.05) is 0 Å². The van der Waals surface area contributed by atoms with Gasteiger partial charge in [0.15, 0.2) is 0 Å². The number of nitrogens with zero attached hydrogens (tertiary/aromatic N) is 1. The van der Waals surface area contributed by atoms with Crippen molar-refractivity contribution in [3.63, 3.8) is 0 Å². The Bertz CT molecular complexity index is 1320. The van der Waals surface area contributed by atoms with Gasteiger partial charge in [-0.25, -0.2) is 4.39 Å². The fourth-order valence-electron chi connectivity index (χ4n) is 5.59. The van der Waals surface area contributed by atoms with E-state index in [4.69, 9.17) is 5.41 Å². The van der Waals surface area contributed by atoms with Gasteiger partial charge < -0.3 is 10.7 Å². The maximum atomic E-state index is 13.4. The van der Waals surface area contributed by atoms with E-state index < -0.39 is 0 Å². The van der Waals surface area contributed by atoms with E-state index in [9.17, 15) is 4.39 Å². The number of halogens is 1. The zero-order valence-electron chi connectivity index (χ0n) is 20.7. The maximum Gasteiger partial charge on any atom is 0.123 e. The molecular weight excluding hydrogens is 445 g/mol. The normalized spacial score (nSPS) is 17.7. The fourth-order valence-corrected chi connectivity index (χ4v) is 5.59. The summed E-state index contributed by atoms with van der Waals surface area (Å²) in [5.74, 6) is -0.261. The number of nitrogens with one attached hydrogen (secondary N) is 2. The number of hydrogen-bond acceptors (Lipinski definition) is 3. The minimum atomic E-state index is -0.261. The molecule has 2 N–H and O–H groups in total. The monoisotopic (exact) mass is 477 g/mol. The molecule has 0 aliphatic carbocycles. The molecule has 0 aromatic heterocycles. The summed E-state index contributed by atoms with van der Waals surface area (Å²) in [5.41, 5.74) is 7.67. The summed E-state index contributed by atoms with van der Waals surface area (Å²) in [6.07, 6.45) is 3.45. The summed E-state index contributed by atoms with van der Waals surface area (Å²) in [5, 5.41) is 11.5. The van der Waals surface area contributed by atoms with E-state index in [-0.39, 0.29) is 11.2 Å². The van der Waals surface area contributed by atoms with Crippen molar-refractivity contribution < 1.29 is 4.39 Å². The first-order valence-corrected chi connectivity index (χ1v) is 12.5. The van der Waals surface area contributed by atoms with Crippen LogP contribution in [0.15, 0.2) is 97.1 Å². The SMILES string of the molecule is Cc1cc(Nc2ccc(F)cc2)c(C=N)cc1C1(Cc2ccccc2)CCN(Cc2ccccc2)C1. The Morgan fingerprint density at radius 3 is 2.25 bits per heavy atom. The van der Waals surface area contributed by atoms with Gasteiger partial charge in [0.2, 0.25) is 0 Å². The summed E-state index contributed by atoms with van der Waals surface area (Å²) < 4.78 is 13.4. The molecule has 0 amide bonds. The largest absolute Gasteiger partial charge is 0.355 e. The van der Waals surface area contributed by atoms with Crippen molar-refractivity contribution in [3.8, 4) is 0 Å². The molecule has 1 aliphatic heterocycles. The lowest BCUT2D eigenvalue weighted by Crippen LogP contribution is -2.34. The number of likely N-dealkylation sites (tertiary alicyclic amines) is 1. The van der Waals surface area contributed by atoms with Crippen LogP contribution in [0.3, 0.4) is 0 Å². The second-order valence-corrected chi connectivity index (χ2v) is 9.92. The molecule has 1 heterocycles. The summed E-state index contributed by atoms with van der Waals surface area (Å²) in [6, 6.07) is 32.1. The first-order valence-electron chi connectivity index (χ1n) is 12.5. The summed E-state index contributed by atoms with van der Waals surface area (Å²) >= 11 is 0. The van der Waals surface area contributed by atoms with Crippen LogP contribution in [0.5, 0.6) is 0 Å². The van der Waals surface area contributed by atoms with Crippen molar-refractivity contribution in [1.82, 2.24) is 4.90 Å². The average molecular weight is 478 g/mol. The number of anilines is 2. The van der Waals surface area contributed by atoms with E-state index >= 15 is 0 Å². The summed E-state index contributed by atoms with van der Waals surface area (Å²) in [4.78, 5) is 2.56. The van der Waals surface area contributed by atoms with Gasteiger partial charge in [0.1, 0.15) is 5.82 Å². The van der Waals surface area contributed by atoms with Crippen LogP contribution < -0.4 is 5.32 Å². The van der Waals surface area contributed by atoms with Crippen molar-refractivity contribution in [1.29, 1.82) is 5.41 Å². The van der Waals surface area contributed by atoms with Gasteiger partial charge in [-0.05, 0) is 85.0 Å². The van der Waals surface area contributed by atoms with Gasteiger partial charge in [-0.1, -0.05) is 60.7 Å². The van der Waals surface area contributed by atoms with E-state index in [0.717, 1.165) is 49.4 Å². The number of aryl methyl sites for hydroxylation is 1. The zero-order valence-corrected chi connectivity index (χ0v) is 20.7. The van der Waals surface area contributed by atoms with Gasteiger partial charge in [-0.15, -0.1) is 0 Å². The Kier molecular flexibility index (Phi) is 6.97. The van der Waals surface area contributed by atoms with Crippen LogP contribution in [0.25, 0.3) is 0 Å². The molecule has 4 aromatic rings. The lowest BCUT2D eigenvalue weighted by Gasteiger charge is -2.33. The molecular formula is C32H32FN3. The molecule has 1 saturated heterocycles. The molecule has 182 valence electrons. The van der Waals surface area contributed by atoms with Crippen LogP contribution in [0.4, 0.5) is 15.8 Å². The van der Waals surface area contributed by atoms with Crippen molar-refractivity contribution in [2.24, 2.45) is 0 Å². The molecule has 0 spiro atoms. The lowest BCUT2D eigenvalue weighted by atomic mass is 9.72. The van der Waals surface area contributed by atoms with E-state index in [1.54, 1.807) is 12.1 Å². The molecule has 0 radical (unpaired) electrons. The second-order valence-electron chi connectivity index (χ2n) is 9.92. The molecule has 1 unspecified atom stereocenters. The Balaban J connectivity index is 1.50. The third-order valence-electron chi connectivity index (χ3n) is 7.31. The number of benzene rings is 4. The van der Waals surface area contributed by atoms with Crippen molar-refractivity contribution in [3.05, 3.63) is 131 Å². The van der Waals surface area contributed by atoms with Crippen molar-refractivity contribution in [2.45, 2.75) is 31.7 Å². The van der Waals surface area contributed by atoms with Gasteiger partial charge in [-0.2, -0.15) is 0 Å². The van der Waals surface area contributed by atoms with Crippen LogP contribution in [-0.2, 0) is 18.4 Å². The van der Waals surface area contributed by atoms with Gasteiger partial charge in [-0.3, -0.25) is 4.90 Å². The van der Waals surface area contributed by atoms with Crippen LogP contribution >= 0.6 is 0 Å². The molecule has 1 fully saturated rings. The highest BCUT2D eigenvalue weighted by Gasteiger charge is 2.40. The van der Waals surface area contributed by atoms with E-state index in [1.165, 1.54) is 40.6 Å². The average Bonchev–Trinajstić information content (AvgIpc) is 3.29. The minimum absolute atomic E-state index is 0.0353. The number of rotatable bonds is 8. The minimum Gasteiger partial charge on any atom is -0.355 e. The van der Waals surface area contributed by atoms with Gasteiger partial charge in [0.25, 0.3) is 0 Å². The first-order chi connectivity index (χ1) is 17.5. The van der Waals surface area contributed by atoms with Gasteiger partial charge in [0.05, 0.1) is 0 Å². The standard InChI is InChI=1S/C32H32FN3/c1-24-18-31(35-29-14-12-28(33)13-15-29)27(21-34)19-30(24)32(20-25-8-4-2-5-9-25)16-17-36(23-32)22-26-10-6-3-7-11-26/h2-15,18-19,21,34-35H,16-17,20,22-23H2,1H3. The Labute approximate surface area is 213 Å². The highest BCUT2D eigenvalue weighted by molar-refractivity contribution is 5.88. The van der Waals surface area contributed by atoms with Crippen LogP contribution in [0.1, 0.15) is 34.2 Å². The summed E-state index contributed by atoms with van der Waals surface area (Å²) in [6.45, 7) is 5.13. The Hall–Kier alpha value is -3.76. The van der Waals surface area contributed by atoms with E-state index in [2.05, 4.69) is 89.9 Å². The Morgan fingerprint density at radius 2 is 1.58 bits per heavy atom. The highest BCUT2D eigenvalue weighted by Crippen LogP contribution is 2.41. The molecule has 4 heteroatoms. The molecule has 0 saturated carbocycles. The van der Waals surface area contributed by atoms with E-state index in [0.29, 0.717) is 0 Å². The second kappa shape index (κ2) is 10.5. The first kappa shape index (κ1) is 24.0. The number of hydrogen-bond donors (Lipinski definition) is 2. The summed E-state index contributed by atoms with van der Waals surface area (Å²) in [7, 11) is 0. The predicted molar refractivity (Wildman–Crippen MR) is 147 cm³/mol. The highest BCUT2D eigenvalue weighted by atomic mass is 19.1. The van der Waals surface area contributed by atoms with Gasteiger partial charge >= 0.3 is 0 Å². The zero-order chi connectivity index (χ0) is 25.0. The molecule has 1 aliphatic rings. The smallest absolute Gasteiger partial charge is 0.123 e. The Morgan fingerprint density at radius 1 is 0.917 bits per heavy atom. The molecule has 4 aromatic carbocycles. The van der Waals surface area contributed by atoms with Crippen LogP contribution in [0.2, 0.25) is 0 Å². The third-order valence-corrected chi connectivity index (χ3v) is 7.31. The molecule has 5 rings (SSSR count). The van der Waals surface area contributed by atoms with Crippen molar-refractivity contribution in [2.75, 3.05) is 18.4 Å².